The first-order valence-electron chi connectivity index (χ1n) is 4.90. The predicted octanol–water partition coefficient (Wildman–Crippen LogP) is 0.666. The van der Waals surface area contributed by atoms with Crippen LogP contribution in [0.3, 0.4) is 0 Å². The normalized spacial score (nSPS) is 24.8. The van der Waals surface area contributed by atoms with E-state index in [1.165, 1.54) is 6.08 Å². The van der Waals surface area contributed by atoms with Crippen LogP contribution in [0.2, 0.25) is 0 Å². The van der Waals surface area contributed by atoms with Crippen LogP contribution in [0, 0.1) is 0 Å². The molecule has 1 aliphatic rings. The highest BCUT2D eigenvalue weighted by atomic mass is 16.6. The molecule has 0 aliphatic carbocycles. The lowest BCUT2D eigenvalue weighted by Crippen LogP contribution is -2.69. The van der Waals surface area contributed by atoms with Gasteiger partial charge in [0.15, 0.2) is 0 Å². The second-order valence-corrected chi connectivity index (χ2v) is 4.53. The van der Waals surface area contributed by atoms with Crippen LogP contribution in [0.5, 0.6) is 0 Å². The molecule has 1 heterocycles. The van der Waals surface area contributed by atoms with Crippen molar-refractivity contribution < 1.29 is 19.5 Å². The zero-order valence-electron chi connectivity index (χ0n) is 9.56. The maximum atomic E-state index is 11.4. The molecular weight excluding hydrogens is 212 g/mol. The Morgan fingerprint density at radius 1 is 1.62 bits per heavy atom. The maximum Gasteiger partial charge on any atom is 0.408 e. The third-order valence-corrected chi connectivity index (χ3v) is 2.03. The number of rotatable bonds is 2. The molecule has 1 rings (SSSR count). The topological polar surface area (TPSA) is 78.9 Å². The van der Waals surface area contributed by atoms with Gasteiger partial charge < -0.3 is 10.1 Å². The predicted molar refractivity (Wildman–Crippen MR) is 55.8 cm³/mol. The fraction of sp³-hybridized carbons (Fsp3) is 0.600. The van der Waals surface area contributed by atoms with E-state index in [9.17, 15) is 9.59 Å². The molecule has 6 heteroatoms. The maximum absolute atomic E-state index is 11.4. The summed E-state index contributed by atoms with van der Waals surface area (Å²) in [6.07, 6.45) is 0.689. The van der Waals surface area contributed by atoms with Crippen molar-refractivity contribution in [2.24, 2.45) is 0 Å². The molecule has 16 heavy (non-hydrogen) atoms. The van der Waals surface area contributed by atoms with Crippen LogP contribution in [0.25, 0.3) is 0 Å². The number of hydrogen-bond acceptors (Lipinski definition) is 4. The fourth-order valence-electron chi connectivity index (χ4n) is 1.31. The summed E-state index contributed by atoms with van der Waals surface area (Å²) in [7, 11) is 0. The van der Waals surface area contributed by atoms with Gasteiger partial charge in [0.25, 0.3) is 5.91 Å². The Balaban J connectivity index is 2.52. The van der Waals surface area contributed by atoms with E-state index in [4.69, 9.17) is 9.94 Å². The number of β-lactam (4-membered cyclic amide) rings is 1. The monoisotopic (exact) mass is 228 g/mol. The summed E-state index contributed by atoms with van der Waals surface area (Å²) in [4.78, 5) is 22.5. The zero-order chi connectivity index (χ0) is 12.5. The molecule has 2 amide bonds. The first-order chi connectivity index (χ1) is 7.26. The largest absolute Gasteiger partial charge is 0.444 e. The molecule has 90 valence electrons. The van der Waals surface area contributed by atoms with Gasteiger partial charge in [-0.25, -0.2) is 9.86 Å². The average Bonchev–Trinajstić information content (AvgIpc) is 2.14. The Hall–Kier alpha value is -1.56. The van der Waals surface area contributed by atoms with Crippen molar-refractivity contribution >= 4 is 12.0 Å². The number of ether oxygens (including phenoxy) is 1. The lowest BCUT2D eigenvalue weighted by Gasteiger charge is -2.40. The van der Waals surface area contributed by atoms with E-state index in [1.54, 1.807) is 20.8 Å². The lowest BCUT2D eigenvalue weighted by molar-refractivity contribution is -0.202. The Morgan fingerprint density at radius 2 is 2.19 bits per heavy atom. The van der Waals surface area contributed by atoms with E-state index in [0.717, 1.165) is 0 Å². The molecule has 1 unspecified atom stereocenters. The summed E-state index contributed by atoms with van der Waals surface area (Å²) < 4.78 is 4.98. The SMILES string of the molecule is C=CC1[C@H](NC(=O)OC(C)(C)C)C(=O)N1O. The third kappa shape index (κ3) is 2.52. The number of alkyl carbamates (subject to hydrolysis) is 1. The number of nitrogens with one attached hydrogen (secondary N) is 1. The summed E-state index contributed by atoms with van der Waals surface area (Å²) in [6.45, 7) is 8.62. The Morgan fingerprint density at radius 3 is 2.62 bits per heavy atom. The lowest BCUT2D eigenvalue weighted by atomic mass is 9.99. The van der Waals surface area contributed by atoms with E-state index in [1.807, 2.05) is 0 Å². The number of amides is 2. The molecule has 1 saturated heterocycles. The van der Waals surface area contributed by atoms with Crippen molar-refractivity contribution in [1.29, 1.82) is 0 Å². The van der Waals surface area contributed by atoms with E-state index >= 15 is 0 Å². The van der Waals surface area contributed by atoms with Crippen LogP contribution >= 0.6 is 0 Å². The molecule has 0 aromatic heterocycles. The van der Waals surface area contributed by atoms with Crippen LogP contribution in [0.15, 0.2) is 12.7 Å². The second kappa shape index (κ2) is 4.13. The van der Waals surface area contributed by atoms with Gasteiger partial charge in [-0.15, -0.1) is 6.58 Å². The molecule has 1 aliphatic heterocycles. The van der Waals surface area contributed by atoms with Crippen LogP contribution in [-0.4, -0.2) is 40.0 Å². The van der Waals surface area contributed by atoms with Gasteiger partial charge in [0.2, 0.25) is 0 Å². The summed E-state index contributed by atoms with van der Waals surface area (Å²) in [5.41, 5.74) is -0.626. The van der Waals surface area contributed by atoms with Gasteiger partial charge in [-0.05, 0) is 20.8 Å². The molecule has 2 atom stereocenters. The van der Waals surface area contributed by atoms with E-state index in [0.29, 0.717) is 5.06 Å². The summed E-state index contributed by atoms with van der Waals surface area (Å²) in [6, 6.07) is -1.39. The van der Waals surface area contributed by atoms with Crippen molar-refractivity contribution in [3.63, 3.8) is 0 Å². The first-order valence-corrected chi connectivity index (χ1v) is 4.90. The van der Waals surface area contributed by atoms with Crippen molar-refractivity contribution in [2.75, 3.05) is 0 Å². The Labute approximate surface area is 93.8 Å². The van der Waals surface area contributed by atoms with Crippen LogP contribution in [0.4, 0.5) is 4.79 Å². The minimum Gasteiger partial charge on any atom is -0.444 e. The van der Waals surface area contributed by atoms with E-state index < -0.39 is 29.7 Å². The van der Waals surface area contributed by atoms with E-state index in [-0.39, 0.29) is 0 Å². The number of hydroxylamine groups is 2. The van der Waals surface area contributed by atoms with Gasteiger partial charge in [0.1, 0.15) is 17.7 Å². The minimum absolute atomic E-state index is 0.523. The first kappa shape index (κ1) is 12.5. The summed E-state index contributed by atoms with van der Waals surface area (Å²) in [5, 5.41) is 12.0. The second-order valence-electron chi connectivity index (χ2n) is 4.53. The van der Waals surface area contributed by atoms with Gasteiger partial charge in [0.05, 0.1) is 0 Å². The quantitative estimate of drug-likeness (QED) is 0.413. The van der Waals surface area contributed by atoms with Gasteiger partial charge in [-0.2, -0.15) is 0 Å². The van der Waals surface area contributed by atoms with Crippen molar-refractivity contribution in [1.82, 2.24) is 10.4 Å². The molecule has 0 saturated carbocycles. The van der Waals surface area contributed by atoms with Gasteiger partial charge in [-0.3, -0.25) is 10.0 Å². The minimum atomic E-state index is -0.794. The molecule has 0 bridgehead atoms. The van der Waals surface area contributed by atoms with Crippen molar-refractivity contribution in [3.05, 3.63) is 12.7 Å². The smallest absolute Gasteiger partial charge is 0.408 e. The Bertz CT molecular complexity index is 321. The van der Waals surface area contributed by atoms with Crippen molar-refractivity contribution in [2.45, 2.75) is 38.5 Å². The molecule has 6 nitrogen and oxygen atoms in total. The fourth-order valence-corrected chi connectivity index (χ4v) is 1.31. The number of carbonyl (C=O) groups is 2. The molecule has 0 aromatic carbocycles. The summed E-state index contributed by atoms with van der Waals surface area (Å²) >= 11 is 0. The highest BCUT2D eigenvalue weighted by Gasteiger charge is 2.46. The molecule has 0 radical (unpaired) electrons. The van der Waals surface area contributed by atoms with Crippen molar-refractivity contribution in [3.8, 4) is 0 Å². The molecule has 2 N–H and O–H groups in total. The molecule has 0 aromatic rings. The highest BCUT2D eigenvalue weighted by molar-refractivity contribution is 5.92. The third-order valence-electron chi connectivity index (χ3n) is 2.03. The number of hydrogen-bond donors (Lipinski definition) is 2. The Kier molecular flexibility index (Phi) is 3.23. The molecular formula is C10H16N2O4. The van der Waals surface area contributed by atoms with Gasteiger partial charge in [-0.1, -0.05) is 6.08 Å². The van der Waals surface area contributed by atoms with E-state index in [2.05, 4.69) is 11.9 Å². The molecule has 1 fully saturated rings. The zero-order valence-corrected chi connectivity index (χ0v) is 9.56. The highest BCUT2D eigenvalue weighted by Crippen LogP contribution is 2.18. The average molecular weight is 228 g/mol. The molecule has 0 spiro atoms. The number of carbonyl (C=O) groups excluding carboxylic acids is 2. The standard InChI is InChI=1S/C10H16N2O4/c1-5-6-7(8(13)12(6)15)11-9(14)16-10(2,3)4/h5-7,15H,1H2,2-4H3,(H,11,14)/t6?,7-/m0/s1. The number of nitrogens with zero attached hydrogens (tertiary/aromatic N) is 1. The van der Waals surface area contributed by atoms with Crippen LogP contribution in [-0.2, 0) is 9.53 Å². The summed E-state index contributed by atoms with van der Waals surface area (Å²) in [5.74, 6) is -0.573. The van der Waals surface area contributed by atoms with Crippen LogP contribution < -0.4 is 5.32 Å². The van der Waals surface area contributed by atoms with Gasteiger partial charge >= 0.3 is 6.09 Å². The van der Waals surface area contributed by atoms with Crippen LogP contribution in [0.1, 0.15) is 20.8 Å². The van der Waals surface area contributed by atoms with Gasteiger partial charge in [0, 0.05) is 0 Å².